The predicted molar refractivity (Wildman–Crippen MR) is 68.6 cm³/mol. The number of nitrogens with zero attached hydrogens (tertiary/aromatic N) is 1. The summed E-state index contributed by atoms with van der Waals surface area (Å²) in [5.41, 5.74) is 0.665. The second-order valence-corrected chi connectivity index (χ2v) is 4.29. The van der Waals surface area contributed by atoms with Gasteiger partial charge in [-0.05, 0) is 30.3 Å². The highest BCUT2D eigenvalue weighted by molar-refractivity contribution is 6.36. The monoisotopic (exact) mass is 284 g/mol. The Morgan fingerprint density at radius 3 is 2.61 bits per heavy atom. The normalized spacial score (nSPS) is 10.2. The number of hydrogen-bond acceptors (Lipinski definition) is 2. The Morgan fingerprint density at radius 2 is 2.00 bits per heavy atom. The second kappa shape index (κ2) is 5.33. The van der Waals surface area contributed by atoms with Crippen molar-refractivity contribution in [1.82, 2.24) is 4.98 Å². The van der Waals surface area contributed by atoms with Gasteiger partial charge >= 0.3 is 0 Å². The van der Waals surface area contributed by atoms with E-state index in [0.29, 0.717) is 15.7 Å². The van der Waals surface area contributed by atoms with Gasteiger partial charge in [-0.3, -0.25) is 4.79 Å². The number of carbonyl (C=O) groups is 1. The van der Waals surface area contributed by atoms with Gasteiger partial charge in [-0.25, -0.2) is 4.98 Å². The molecular weight excluding hydrogens is 278 g/mol. The average Bonchev–Trinajstić information content (AvgIpc) is 2.33. The molecule has 3 nitrogen and oxygen atoms in total. The Kier molecular flexibility index (Phi) is 3.79. The number of aromatic nitrogens is 1. The Bertz CT molecular complexity index is 587. The van der Waals surface area contributed by atoms with Crippen LogP contribution in [0.25, 0.3) is 0 Å². The smallest absolute Gasteiger partial charge is 0.257 e. The first-order valence-electron chi connectivity index (χ1n) is 4.94. The maximum absolute atomic E-state index is 12.6. The maximum atomic E-state index is 12.6. The quantitative estimate of drug-likeness (QED) is 0.853. The van der Waals surface area contributed by atoms with Crippen LogP contribution in [0.3, 0.4) is 0 Å². The molecular formula is C12H7Cl2FN2O. The van der Waals surface area contributed by atoms with Gasteiger partial charge in [0.25, 0.3) is 5.91 Å². The molecule has 0 bridgehead atoms. The Morgan fingerprint density at radius 1 is 1.22 bits per heavy atom. The molecule has 2 rings (SSSR count). The third-order valence-corrected chi connectivity index (χ3v) is 2.72. The number of hydrogen-bond donors (Lipinski definition) is 1. The third kappa shape index (κ3) is 2.97. The fourth-order valence-corrected chi connectivity index (χ4v) is 1.75. The van der Waals surface area contributed by atoms with Gasteiger partial charge in [0.1, 0.15) is 0 Å². The van der Waals surface area contributed by atoms with Gasteiger partial charge in [-0.2, -0.15) is 4.39 Å². The second-order valence-electron chi connectivity index (χ2n) is 3.45. The fourth-order valence-electron chi connectivity index (χ4n) is 1.30. The standard InChI is InChI=1S/C12H7Cl2FN2O/c13-8-2-3-10(9(14)5-8)17-12(18)7-1-4-11(15)16-6-7/h1-6H,(H,17,18). The van der Waals surface area contributed by atoms with E-state index >= 15 is 0 Å². The Balaban J connectivity index is 2.18. The molecule has 0 aliphatic carbocycles. The molecule has 1 amide bonds. The van der Waals surface area contributed by atoms with Gasteiger partial charge in [0.05, 0.1) is 16.3 Å². The molecule has 0 unspecified atom stereocenters. The minimum absolute atomic E-state index is 0.238. The summed E-state index contributed by atoms with van der Waals surface area (Å²) < 4.78 is 12.6. The highest BCUT2D eigenvalue weighted by Crippen LogP contribution is 2.25. The van der Waals surface area contributed by atoms with Crippen LogP contribution in [0.4, 0.5) is 10.1 Å². The number of anilines is 1. The Labute approximate surface area is 113 Å². The molecule has 0 radical (unpaired) electrons. The molecule has 0 spiro atoms. The number of carbonyl (C=O) groups excluding carboxylic acids is 1. The van der Waals surface area contributed by atoms with Crippen LogP contribution in [0.5, 0.6) is 0 Å². The lowest BCUT2D eigenvalue weighted by Crippen LogP contribution is -2.12. The van der Waals surface area contributed by atoms with Crippen molar-refractivity contribution < 1.29 is 9.18 Å². The van der Waals surface area contributed by atoms with Gasteiger partial charge in [-0.1, -0.05) is 23.2 Å². The van der Waals surface area contributed by atoms with E-state index in [1.807, 2.05) is 0 Å². The maximum Gasteiger partial charge on any atom is 0.257 e. The van der Waals surface area contributed by atoms with Crippen molar-refractivity contribution in [2.45, 2.75) is 0 Å². The van der Waals surface area contributed by atoms with Crippen LogP contribution < -0.4 is 5.32 Å². The summed E-state index contributed by atoms with van der Waals surface area (Å²) in [5.74, 6) is -1.07. The molecule has 6 heteroatoms. The van der Waals surface area contributed by atoms with Crippen molar-refractivity contribution in [3.63, 3.8) is 0 Å². The van der Waals surface area contributed by atoms with Crippen LogP contribution in [0.15, 0.2) is 36.5 Å². The van der Waals surface area contributed by atoms with Crippen LogP contribution in [0.1, 0.15) is 10.4 Å². The topological polar surface area (TPSA) is 42.0 Å². The lowest BCUT2D eigenvalue weighted by atomic mass is 10.2. The highest BCUT2D eigenvalue weighted by Gasteiger charge is 2.09. The van der Waals surface area contributed by atoms with Gasteiger partial charge in [0, 0.05) is 11.2 Å². The summed E-state index contributed by atoms with van der Waals surface area (Å²) in [6, 6.07) is 7.15. The van der Waals surface area contributed by atoms with Gasteiger partial charge < -0.3 is 5.32 Å². The van der Waals surface area contributed by atoms with Crippen LogP contribution in [0, 0.1) is 5.95 Å². The van der Waals surface area contributed by atoms with Crippen molar-refractivity contribution in [3.05, 3.63) is 58.1 Å². The van der Waals surface area contributed by atoms with Crippen molar-refractivity contribution in [2.24, 2.45) is 0 Å². The summed E-state index contributed by atoms with van der Waals surface area (Å²) in [4.78, 5) is 15.2. The van der Waals surface area contributed by atoms with Crippen LogP contribution in [-0.4, -0.2) is 10.9 Å². The lowest BCUT2D eigenvalue weighted by Gasteiger charge is -2.07. The molecule has 1 aromatic heterocycles. The number of pyridine rings is 1. The molecule has 0 atom stereocenters. The zero-order chi connectivity index (χ0) is 13.1. The molecule has 0 aliphatic heterocycles. The number of benzene rings is 1. The summed E-state index contributed by atoms with van der Waals surface area (Å²) in [6.45, 7) is 0. The van der Waals surface area contributed by atoms with Gasteiger partial charge in [-0.15, -0.1) is 0 Å². The first-order chi connectivity index (χ1) is 8.56. The minimum atomic E-state index is -0.643. The predicted octanol–water partition coefficient (Wildman–Crippen LogP) is 3.78. The summed E-state index contributed by atoms with van der Waals surface area (Å²) >= 11 is 11.7. The van der Waals surface area contributed by atoms with Crippen LogP contribution in [0.2, 0.25) is 10.0 Å². The van der Waals surface area contributed by atoms with E-state index in [-0.39, 0.29) is 5.56 Å². The van der Waals surface area contributed by atoms with E-state index in [9.17, 15) is 9.18 Å². The van der Waals surface area contributed by atoms with E-state index in [0.717, 1.165) is 12.3 Å². The van der Waals surface area contributed by atoms with Crippen molar-refractivity contribution in [2.75, 3.05) is 5.32 Å². The van der Waals surface area contributed by atoms with E-state index in [1.165, 1.54) is 12.1 Å². The summed E-state index contributed by atoms with van der Waals surface area (Å²) in [6.07, 6.45) is 1.15. The first-order valence-corrected chi connectivity index (χ1v) is 5.70. The fraction of sp³-hybridized carbons (Fsp3) is 0. The highest BCUT2D eigenvalue weighted by atomic mass is 35.5. The van der Waals surface area contributed by atoms with E-state index in [2.05, 4.69) is 10.3 Å². The van der Waals surface area contributed by atoms with Crippen molar-refractivity contribution in [1.29, 1.82) is 0 Å². The molecule has 1 N–H and O–H groups in total. The average molecular weight is 285 g/mol. The molecule has 1 aromatic carbocycles. The zero-order valence-corrected chi connectivity index (χ0v) is 10.5. The Hall–Kier alpha value is -1.65. The molecule has 2 aromatic rings. The number of rotatable bonds is 2. The minimum Gasteiger partial charge on any atom is -0.321 e. The van der Waals surface area contributed by atoms with Crippen LogP contribution >= 0.6 is 23.2 Å². The zero-order valence-electron chi connectivity index (χ0n) is 8.95. The van der Waals surface area contributed by atoms with Crippen LogP contribution in [-0.2, 0) is 0 Å². The van der Waals surface area contributed by atoms with Crippen molar-refractivity contribution >= 4 is 34.8 Å². The molecule has 0 saturated carbocycles. The SMILES string of the molecule is O=C(Nc1ccc(Cl)cc1Cl)c1ccc(F)nc1. The molecule has 1 heterocycles. The largest absolute Gasteiger partial charge is 0.321 e. The van der Waals surface area contributed by atoms with E-state index in [1.54, 1.807) is 12.1 Å². The molecule has 92 valence electrons. The molecule has 0 saturated heterocycles. The molecule has 0 fully saturated rings. The van der Waals surface area contributed by atoms with Crippen molar-refractivity contribution in [3.8, 4) is 0 Å². The first kappa shape index (κ1) is 12.8. The molecule has 0 aliphatic rings. The third-order valence-electron chi connectivity index (χ3n) is 2.17. The number of halogens is 3. The van der Waals surface area contributed by atoms with E-state index < -0.39 is 11.9 Å². The van der Waals surface area contributed by atoms with Gasteiger partial charge in [0.15, 0.2) is 0 Å². The summed E-state index contributed by atoms with van der Waals surface area (Å²) in [7, 11) is 0. The van der Waals surface area contributed by atoms with Gasteiger partial charge in [0.2, 0.25) is 5.95 Å². The van der Waals surface area contributed by atoms with E-state index in [4.69, 9.17) is 23.2 Å². The number of nitrogens with one attached hydrogen (secondary N) is 1. The number of amides is 1. The lowest BCUT2D eigenvalue weighted by molar-refractivity contribution is 0.102. The molecule has 18 heavy (non-hydrogen) atoms. The summed E-state index contributed by atoms with van der Waals surface area (Å²) in [5, 5.41) is 3.38.